The summed E-state index contributed by atoms with van der Waals surface area (Å²) in [5, 5.41) is 9.01. The topological polar surface area (TPSA) is 37.3 Å². The fourth-order valence-electron chi connectivity index (χ4n) is 1.16. The first-order valence-electron chi connectivity index (χ1n) is 4.49. The van der Waals surface area contributed by atoms with Gasteiger partial charge in [0.2, 0.25) is 0 Å². The van der Waals surface area contributed by atoms with Crippen LogP contribution in [0.5, 0.6) is 0 Å². The van der Waals surface area contributed by atoms with Crippen LogP contribution in [0.2, 0.25) is 0 Å². The zero-order chi connectivity index (χ0) is 13.2. The van der Waals surface area contributed by atoms with Crippen LogP contribution in [0, 0.1) is 23.3 Å². The maximum Gasteiger partial charge on any atom is 0.185 e. The van der Waals surface area contributed by atoms with Crippen molar-refractivity contribution in [2.24, 2.45) is 0 Å². The molecule has 17 heavy (non-hydrogen) atoms. The number of hydrogen-bond acceptors (Lipinski definition) is 3. The van der Waals surface area contributed by atoms with E-state index in [4.69, 9.17) is 0 Å². The van der Waals surface area contributed by atoms with Gasteiger partial charge >= 0.3 is 0 Å². The van der Waals surface area contributed by atoms with Gasteiger partial charge in [0.1, 0.15) is 0 Å². The average molecular weight is 268 g/mol. The van der Waals surface area contributed by atoms with Crippen LogP contribution in [0.25, 0.3) is 0 Å². The van der Waals surface area contributed by atoms with Crippen LogP contribution in [0.3, 0.4) is 0 Å². The number of hydrogen-bond donors (Lipinski definition) is 1. The van der Waals surface area contributed by atoms with Gasteiger partial charge < -0.3 is 5.11 Å². The summed E-state index contributed by atoms with van der Waals surface area (Å²) in [5.41, 5.74) is -1.10. The predicted molar refractivity (Wildman–Crippen MR) is 54.4 cm³/mol. The molecule has 0 bridgehead atoms. The highest BCUT2D eigenvalue weighted by atomic mass is 32.2. The summed E-state index contributed by atoms with van der Waals surface area (Å²) < 4.78 is 52.0. The minimum Gasteiger partial charge on any atom is -0.387 e. The molecule has 0 spiro atoms. The van der Waals surface area contributed by atoms with E-state index in [1.54, 1.807) is 0 Å². The van der Waals surface area contributed by atoms with E-state index in [9.17, 15) is 27.5 Å². The molecular weight excluding hydrogens is 260 g/mol. The minimum absolute atomic E-state index is 0.0546. The van der Waals surface area contributed by atoms with Gasteiger partial charge in [0.25, 0.3) is 0 Å². The standard InChI is InChI=1S/C10H8F4O2S/c1-4(15)17-3-7(16)8-9(13)5(11)2-6(12)10(8)14/h2,7,16H,3H2,1H3. The van der Waals surface area contributed by atoms with E-state index in [2.05, 4.69) is 0 Å². The second kappa shape index (κ2) is 5.50. The average Bonchev–Trinajstić information content (AvgIpc) is 2.24. The molecule has 1 unspecified atom stereocenters. The molecule has 94 valence electrons. The van der Waals surface area contributed by atoms with Crippen molar-refractivity contribution in [3.8, 4) is 0 Å². The molecule has 1 aromatic carbocycles. The summed E-state index contributed by atoms with van der Waals surface area (Å²) in [6.45, 7) is 1.19. The fraction of sp³-hybridized carbons (Fsp3) is 0.300. The van der Waals surface area contributed by atoms with E-state index >= 15 is 0 Å². The van der Waals surface area contributed by atoms with Gasteiger partial charge in [-0.3, -0.25) is 4.79 Å². The number of halogens is 4. The van der Waals surface area contributed by atoms with Crippen LogP contribution in [0.4, 0.5) is 17.6 Å². The number of thioether (sulfide) groups is 1. The van der Waals surface area contributed by atoms with Crippen LogP contribution in [0.15, 0.2) is 6.07 Å². The third kappa shape index (κ3) is 3.19. The maximum absolute atomic E-state index is 13.2. The van der Waals surface area contributed by atoms with Crippen molar-refractivity contribution in [3.63, 3.8) is 0 Å². The minimum atomic E-state index is -1.80. The molecular formula is C10H8F4O2S. The molecule has 1 aromatic rings. The summed E-state index contributed by atoms with van der Waals surface area (Å²) in [5.74, 6) is -6.87. The van der Waals surface area contributed by atoms with E-state index in [-0.39, 0.29) is 16.9 Å². The van der Waals surface area contributed by atoms with Gasteiger partial charge in [-0.2, -0.15) is 0 Å². The third-order valence-electron chi connectivity index (χ3n) is 1.92. The quantitative estimate of drug-likeness (QED) is 0.676. The van der Waals surface area contributed by atoms with Crippen LogP contribution < -0.4 is 0 Å². The van der Waals surface area contributed by atoms with E-state index in [0.717, 1.165) is 0 Å². The smallest absolute Gasteiger partial charge is 0.185 e. The van der Waals surface area contributed by atoms with Crippen LogP contribution in [-0.4, -0.2) is 16.0 Å². The molecule has 0 amide bonds. The molecule has 2 nitrogen and oxygen atoms in total. The summed E-state index contributed by atoms with van der Waals surface area (Å²) in [4.78, 5) is 10.6. The lowest BCUT2D eigenvalue weighted by Crippen LogP contribution is -2.11. The Bertz CT molecular complexity index is 424. The molecule has 0 saturated heterocycles. The zero-order valence-corrected chi connectivity index (χ0v) is 9.45. The van der Waals surface area contributed by atoms with Gasteiger partial charge in [-0.25, -0.2) is 17.6 Å². The SMILES string of the molecule is CC(=O)SCC(O)c1c(F)c(F)cc(F)c1F. The Morgan fingerprint density at radius 2 is 1.76 bits per heavy atom. The lowest BCUT2D eigenvalue weighted by molar-refractivity contribution is -0.109. The second-order valence-corrected chi connectivity index (χ2v) is 4.40. The molecule has 0 saturated carbocycles. The Morgan fingerprint density at radius 3 is 2.18 bits per heavy atom. The normalized spacial score (nSPS) is 12.6. The Morgan fingerprint density at radius 1 is 1.29 bits per heavy atom. The van der Waals surface area contributed by atoms with E-state index < -0.39 is 34.9 Å². The molecule has 0 radical (unpaired) electrons. The monoisotopic (exact) mass is 268 g/mol. The largest absolute Gasteiger partial charge is 0.387 e. The summed E-state index contributed by atoms with van der Waals surface area (Å²) in [6.07, 6.45) is -1.80. The van der Waals surface area contributed by atoms with E-state index in [1.165, 1.54) is 6.92 Å². The predicted octanol–water partition coefficient (Wildman–Crippen LogP) is 2.56. The Kier molecular flexibility index (Phi) is 4.53. The first-order valence-corrected chi connectivity index (χ1v) is 5.47. The van der Waals surface area contributed by atoms with Crippen molar-refractivity contribution in [3.05, 3.63) is 34.9 Å². The molecule has 7 heteroatoms. The number of carbonyl (C=O) groups excluding carboxylic acids is 1. The Labute approximate surface area is 98.6 Å². The molecule has 0 heterocycles. The number of carbonyl (C=O) groups is 1. The number of aliphatic hydroxyl groups excluding tert-OH is 1. The number of aliphatic hydroxyl groups is 1. The van der Waals surface area contributed by atoms with Crippen molar-refractivity contribution in [2.75, 3.05) is 5.75 Å². The summed E-state index contributed by atoms with van der Waals surface area (Å²) >= 11 is 0.596. The molecule has 1 atom stereocenters. The highest BCUT2D eigenvalue weighted by Gasteiger charge is 2.25. The maximum atomic E-state index is 13.2. The van der Waals surface area contributed by atoms with Gasteiger partial charge in [0, 0.05) is 18.7 Å². The first kappa shape index (κ1) is 14.0. The molecule has 0 aliphatic rings. The molecule has 0 fully saturated rings. The molecule has 0 aliphatic heterocycles. The molecule has 0 aromatic heterocycles. The zero-order valence-electron chi connectivity index (χ0n) is 8.64. The number of benzene rings is 1. The van der Waals surface area contributed by atoms with Gasteiger partial charge in [-0.05, 0) is 0 Å². The van der Waals surface area contributed by atoms with Crippen molar-refractivity contribution in [1.82, 2.24) is 0 Å². The van der Waals surface area contributed by atoms with Crippen molar-refractivity contribution in [1.29, 1.82) is 0 Å². The fourth-order valence-corrected chi connectivity index (χ4v) is 1.72. The van der Waals surface area contributed by atoms with Gasteiger partial charge in [0.05, 0.1) is 11.7 Å². The van der Waals surface area contributed by atoms with Crippen LogP contribution >= 0.6 is 11.8 Å². The highest BCUT2D eigenvalue weighted by Crippen LogP contribution is 2.27. The Hall–Kier alpha value is -1.08. The van der Waals surface area contributed by atoms with Gasteiger partial charge in [0.15, 0.2) is 28.4 Å². The highest BCUT2D eigenvalue weighted by molar-refractivity contribution is 8.13. The lowest BCUT2D eigenvalue weighted by Gasteiger charge is -2.12. The molecule has 1 N–H and O–H groups in total. The van der Waals surface area contributed by atoms with E-state index in [0.29, 0.717) is 11.8 Å². The summed E-state index contributed by atoms with van der Waals surface area (Å²) in [6, 6.07) is 0.0546. The molecule has 0 aliphatic carbocycles. The second-order valence-electron chi connectivity index (χ2n) is 3.20. The van der Waals surface area contributed by atoms with Crippen LogP contribution in [-0.2, 0) is 4.79 Å². The van der Waals surface area contributed by atoms with E-state index in [1.807, 2.05) is 0 Å². The first-order chi connectivity index (χ1) is 7.84. The van der Waals surface area contributed by atoms with Crippen LogP contribution in [0.1, 0.15) is 18.6 Å². The van der Waals surface area contributed by atoms with Gasteiger partial charge in [-0.1, -0.05) is 11.8 Å². The van der Waals surface area contributed by atoms with Crippen molar-refractivity contribution < 1.29 is 27.5 Å². The van der Waals surface area contributed by atoms with Crippen molar-refractivity contribution >= 4 is 16.9 Å². The third-order valence-corrected chi connectivity index (χ3v) is 2.81. The van der Waals surface area contributed by atoms with Crippen molar-refractivity contribution in [2.45, 2.75) is 13.0 Å². The molecule has 1 rings (SSSR count). The number of rotatable bonds is 3. The Balaban J connectivity index is 3.07. The lowest BCUT2D eigenvalue weighted by atomic mass is 10.1. The van der Waals surface area contributed by atoms with Gasteiger partial charge in [-0.15, -0.1) is 0 Å². The summed E-state index contributed by atoms with van der Waals surface area (Å²) in [7, 11) is 0.